The van der Waals surface area contributed by atoms with E-state index in [9.17, 15) is 9.59 Å². The molecule has 4 aliphatic rings. The number of rotatable bonds is 0. The van der Waals surface area contributed by atoms with E-state index >= 15 is 0 Å². The summed E-state index contributed by atoms with van der Waals surface area (Å²) in [5.41, 5.74) is 1.35. The van der Waals surface area contributed by atoms with Gasteiger partial charge in [-0.3, -0.25) is 19.6 Å². The average Bonchev–Trinajstić information content (AvgIpc) is 2.81. The maximum atomic E-state index is 10.8. The summed E-state index contributed by atoms with van der Waals surface area (Å²) in [5, 5.41) is 5.63. The van der Waals surface area contributed by atoms with Gasteiger partial charge in [-0.25, -0.2) is 0 Å². The molecular formula is C33H68N4O4. The Morgan fingerprint density at radius 2 is 1.17 bits per heavy atom. The molecule has 0 saturated carbocycles. The van der Waals surface area contributed by atoms with Gasteiger partial charge >= 0.3 is 0 Å². The molecule has 8 nitrogen and oxygen atoms in total. The summed E-state index contributed by atoms with van der Waals surface area (Å²) < 4.78 is 10.1. The molecule has 0 aromatic heterocycles. The molecule has 2 amide bonds. The van der Waals surface area contributed by atoms with Crippen molar-refractivity contribution in [1.82, 2.24) is 10.6 Å². The number of ether oxygens (including phenoxy) is 2. The van der Waals surface area contributed by atoms with Crippen molar-refractivity contribution in [2.75, 3.05) is 40.4 Å². The zero-order chi connectivity index (χ0) is 29.0. The highest BCUT2D eigenvalue weighted by Crippen LogP contribution is 2.29. The van der Waals surface area contributed by atoms with Crippen LogP contribution in [0.5, 0.6) is 0 Å². The van der Waals surface area contributed by atoms with Crippen molar-refractivity contribution < 1.29 is 19.1 Å². The van der Waals surface area contributed by atoms with E-state index in [1.54, 1.807) is 14.2 Å². The quantitative estimate of drug-likeness (QED) is 0.309. The standard InChI is InChI=1S/2C8H15NO.2C7H13NO.3CH4/c1-8(2)4-5-9-7(6-8)10-3;1-8(2)5-4-7(10-3)9-6-8;1-7(2)3-4-8-6(9)5-7;1-7(2)4-3-6(9)8-5-7;;;/h2*4-6H2,1-3H3;2*3-5H2,1-2H3,(H,8,9);3*1H4. The van der Waals surface area contributed by atoms with Crippen molar-refractivity contribution in [3.8, 4) is 0 Å². The maximum absolute atomic E-state index is 10.8. The van der Waals surface area contributed by atoms with Gasteiger partial charge in [-0.2, -0.15) is 0 Å². The Balaban J connectivity index is -0.000000459. The molecule has 4 rings (SSSR count). The van der Waals surface area contributed by atoms with Crippen LogP contribution in [0.1, 0.15) is 129 Å². The molecule has 4 aliphatic heterocycles. The van der Waals surface area contributed by atoms with E-state index in [1.807, 2.05) is 0 Å². The van der Waals surface area contributed by atoms with Gasteiger partial charge in [-0.1, -0.05) is 77.7 Å². The van der Waals surface area contributed by atoms with E-state index in [0.29, 0.717) is 29.1 Å². The van der Waals surface area contributed by atoms with Crippen LogP contribution in [0, 0.1) is 21.7 Å². The van der Waals surface area contributed by atoms with Gasteiger partial charge < -0.3 is 20.1 Å². The molecular weight excluding hydrogens is 516 g/mol. The summed E-state index contributed by atoms with van der Waals surface area (Å²) in [6.07, 6.45) is 7.89. The van der Waals surface area contributed by atoms with Gasteiger partial charge in [-0.15, -0.1) is 0 Å². The minimum absolute atomic E-state index is 0. The average molecular weight is 585 g/mol. The summed E-state index contributed by atoms with van der Waals surface area (Å²) in [6, 6.07) is 0. The molecule has 0 aromatic carbocycles. The third-order valence-electron chi connectivity index (χ3n) is 7.43. The molecule has 2 N–H and O–H groups in total. The van der Waals surface area contributed by atoms with Crippen LogP contribution >= 0.6 is 0 Å². The van der Waals surface area contributed by atoms with Crippen molar-refractivity contribution in [2.24, 2.45) is 31.6 Å². The molecule has 0 spiro atoms. The van der Waals surface area contributed by atoms with Gasteiger partial charge in [0.25, 0.3) is 0 Å². The lowest BCUT2D eigenvalue weighted by Gasteiger charge is -2.29. The molecule has 0 unspecified atom stereocenters. The fourth-order valence-electron chi connectivity index (χ4n) is 4.34. The molecule has 2 saturated heterocycles. The Labute approximate surface area is 254 Å². The molecule has 0 bridgehead atoms. The van der Waals surface area contributed by atoms with E-state index in [4.69, 9.17) is 9.47 Å². The lowest BCUT2D eigenvalue weighted by atomic mass is 9.83. The predicted octanol–water partition coefficient (Wildman–Crippen LogP) is 7.46. The lowest BCUT2D eigenvalue weighted by molar-refractivity contribution is -0.125. The highest BCUT2D eigenvalue weighted by molar-refractivity contribution is 5.78. The normalized spacial score (nSPS) is 22.7. The fraction of sp³-hybridized carbons (Fsp3) is 0.879. The van der Waals surface area contributed by atoms with Gasteiger partial charge in [0.1, 0.15) is 0 Å². The summed E-state index contributed by atoms with van der Waals surface area (Å²) in [4.78, 5) is 29.9. The van der Waals surface area contributed by atoms with E-state index in [0.717, 1.165) is 63.7 Å². The van der Waals surface area contributed by atoms with Gasteiger partial charge in [0, 0.05) is 51.9 Å². The largest absolute Gasteiger partial charge is 0.484 e. The molecule has 0 aromatic rings. The highest BCUT2D eigenvalue weighted by atomic mass is 16.5. The first-order valence-electron chi connectivity index (χ1n) is 14.2. The predicted molar refractivity (Wildman–Crippen MR) is 177 cm³/mol. The van der Waals surface area contributed by atoms with E-state index < -0.39 is 0 Å². The first kappa shape index (κ1) is 43.3. The molecule has 0 atom stereocenters. The van der Waals surface area contributed by atoms with Crippen LogP contribution in [0.3, 0.4) is 0 Å². The van der Waals surface area contributed by atoms with E-state index in [-0.39, 0.29) is 39.5 Å². The zero-order valence-electron chi connectivity index (χ0n) is 26.0. The van der Waals surface area contributed by atoms with Gasteiger partial charge in [0.15, 0.2) is 11.8 Å². The second-order valence-corrected chi connectivity index (χ2v) is 14.0. The van der Waals surface area contributed by atoms with Crippen LogP contribution in [0.4, 0.5) is 0 Å². The summed E-state index contributed by atoms with van der Waals surface area (Å²) in [7, 11) is 3.39. The van der Waals surface area contributed by atoms with Crippen LogP contribution in [0.2, 0.25) is 0 Å². The number of carbonyl (C=O) groups is 2. The Morgan fingerprint density at radius 3 is 1.51 bits per heavy atom. The second kappa shape index (κ2) is 19.1. The number of methoxy groups -OCH3 is 2. The number of piperidine rings is 2. The van der Waals surface area contributed by atoms with Crippen molar-refractivity contribution in [3.63, 3.8) is 0 Å². The van der Waals surface area contributed by atoms with Crippen LogP contribution in [-0.2, 0) is 19.1 Å². The van der Waals surface area contributed by atoms with Crippen molar-refractivity contribution in [3.05, 3.63) is 0 Å². The monoisotopic (exact) mass is 585 g/mol. The van der Waals surface area contributed by atoms with Gasteiger partial charge in [0.05, 0.1) is 14.2 Å². The molecule has 0 radical (unpaired) electrons. The Bertz CT molecular complexity index is 817. The number of hydrogen-bond acceptors (Lipinski definition) is 6. The number of aliphatic imine (C=N–C) groups is 2. The Hall–Kier alpha value is -2.12. The summed E-state index contributed by atoms with van der Waals surface area (Å²) in [5.74, 6) is 2.23. The van der Waals surface area contributed by atoms with Gasteiger partial charge in [-0.05, 0) is 47.3 Å². The molecule has 0 aliphatic carbocycles. The van der Waals surface area contributed by atoms with Crippen LogP contribution in [-0.4, -0.2) is 64.0 Å². The van der Waals surface area contributed by atoms with Crippen LogP contribution in [0.25, 0.3) is 0 Å². The minimum atomic E-state index is 0. The number of nitrogens with one attached hydrogen (secondary N) is 2. The second-order valence-electron chi connectivity index (χ2n) is 14.0. The van der Waals surface area contributed by atoms with Crippen molar-refractivity contribution >= 4 is 23.6 Å². The number of hydrogen-bond donors (Lipinski definition) is 2. The number of nitrogens with zero attached hydrogens (tertiary/aromatic N) is 2. The van der Waals surface area contributed by atoms with E-state index in [1.165, 1.54) is 12.8 Å². The fourth-order valence-corrected chi connectivity index (χ4v) is 4.34. The minimum Gasteiger partial charge on any atom is -0.484 e. The number of amides is 2. The third-order valence-corrected chi connectivity index (χ3v) is 7.43. The third kappa shape index (κ3) is 19.6. The molecule has 244 valence electrons. The Morgan fingerprint density at radius 1 is 0.610 bits per heavy atom. The Kier molecular flexibility index (Phi) is 20.2. The van der Waals surface area contributed by atoms with Crippen molar-refractivity contribution in [1.29, 1.82) is 0 Å². The first-order valence-corrected chi connectivity index (χ1v) is 14.2. The maximum Gasteiger partial charge on any atom is 0.220 e. The first-order chi connectivity index (χ1) is 17.5. The number of carbonyl (C=O) groups excluding carboxylic acids is 2. The highest BCUT2D eigenvalue weighted by Gasteiger charge is 2.26. The van der Waals surface area contributed by atoms with Gasteiger partial charge in [0.2, 0.25) is 11.8 Å². The van der Waals surface area contributed by atoms with Crippen molar-refractivity contribution in [2.45, 2.75) is 129 Å². The summed E-state index contributed by atoms with van der Waals surface area (Å²) >= 11 is 0. The van der Waals surface area contributed by atoms with E-state index in [2.05, 4.69) is 76.0 Å². The topological polar surface area (TPSA) is 101 Å². The van der Waals surface area contributed by atoms with Crippen LogP contribution in [0.15, 0.2) is 9.98 Å². The zero-order valence-corrected chi connectivity index (χ0v) is 26.0. The summed E-state index contributed by atoms with van der Waals surface area (Å²) in [6.45, 7) is 21.1. The van der Waals surface area contributed by atoms with Crippen LogP contribution < -0.4 is 10.6 Å². The molecule has 41 heavy (non-hydrogen) atoms. The molecule has 4 heterocycles. The SMILES string of the molecule is C.C.C.CC1(C)CCC(=O)NC1.CC1(C)CCNC(=O)C1.COC1=NCC(C)(C)CC1.COC1=NCCC(C)(C)C1. The molecule has 8 heteroatoms. The lowest BCUT2D eigenvalue weighted by Crippen LogP contribution is -2.39. The smallest absolute Gasteiger partial charge is 0.220 e. The molecule has 2 fully saturated rings.